The molecule has 1 fully saturated rings. The molecule has 1 saturated heterocycles. The molecule has 2 aromatic carbocycles. The second-order valence-corrected chi connectivity index (χ2v) is 7.64. The number of halogens is 1. The van der Waals surface area contributed by atoms with Crippen molar-refractivity contribution in [1.82, 2.24) is 4.90 Å². The van der Waals surface area contributed by atoms with Gasteiger partial charge >= 0.3 is 0 Å². The molecule has 32 heavy (non-hydrogen) atoms. The Morgan fingerprint density at radius 2 is 1.78 bits per heavy atom. The summed E-state index contributed by atoms with van der Waals surface area (Å²) in [6.45, 7) is 0. The topological polar surface area (TPSA) is 93.9 Å². The fraction of sp³-hybridized carbons (Fsp3) is 0.0435. The van der Waals surface area contributed by atoms with E-state index in [1.165, 1.54) is 35.1 Å². The molecule has 2 heterocycles. The number of carbonyl (C=O) groups excluding carboxylic acids is 3. The number of amides is 2. The molecule has 1 aromatic heterocycles. The lowest BCUT2D eigenvalue weighted by Crippen LogP contribution is -2.54. The predicted molar refractivity (Wildman–Crippen MR) is 121 cm³/mol. The second-order valence-electron chi connectivity index (χ2n) is 6.86. The standard InChI is InChI=1S/C23H15ClN2O5S/c1-25-20(27)17(21(28)26(23(25)32)14-5-3-2-4-6-14)12-15-8-10-19(31-15)13-7-9-18(24)16(11-13)22(29)30/h2-12H,1H3,(H,29,30)/p-1/b17-12+. The molecule has 0 N–H and O–H groups in total. The van der Waals surface area contributed by atoms with Crippen LogP contribution in [0.4, 0.5) is 5.69 Å². The van der Waals surface area contributed by atoms with Crippen molar-refractivity contribution in [2.24, 2.45) is 0 Å². The number of aromatic carboxylic acids is 1. The Balaban J connectivity index is 1.71. The maximum atomic E-state index is 13.1. The molecule has 0 bridgehead atoms. The smallest absolute Gasteiger partial charge is 0.270 e. The first kappa shape index (κ1) is 21.5. The van der Waals surface area contributed by atoms with E-state index in [0.717, 1.165) is 0 Å². The summed E-state index contributed by atoms with van der Waals surface area (Å²) < 4.78 is 5.74. The number of furan rings is 1. The van der Waals surface area contributed by atoms with Crippen molar-refractivity contribution in [2.45, 2.75) is 0 Å². The van der Waals surface area contributed by atoms with E-state index in [0.29, 0.717) is 17.0 Å². The van der Waals surface area contributed by atoms with Gasteiger partial charge < -0.3 is 14.3 Å². The van der Waals surface area contributed by atoms with Crippen LogP contribution in [0.3, 0.4) is 0 Å². The second kappa shape index (κ2) is 8.41. The van der Waals surface area contributed by atoms with Gasteiger partial charge in [-0.15, -0.1) is 0 Å². The molecule has 0 unspecified atom stereocenters. The van der Waals surface area contributed by atoms with E-state index in [-0.39, 0.29) is 27.0 Å². The Hall–Kier alpha value is -3.75. The molecule has 0 radical (unpaired) electrons. The quantitative estimate of drug-likeness (QED) is 0.334. The number of benzene rings is 2. The largest absolute Gasteiger partial charge is 0.545 e. The number of hydrogen-bond donors (Lipinski definition) is 0. The Labute approximate surface area is 193 Å². The Bertz CT molecular complexity index is 1300. The SMILES string of the molecule is CN1C(=O)/C(=C\c2ccc(-c3ccc(Cl)c(C(=O)[O-])c3)o2)C(=O)N(c2ccccc2)C1=S. The van der Waals surface area contributed by atoms with Gasteiger partial charge in [0.1, 0.15) is 17.1 Å². The number of carbonyl (C=O) groups is 3. The number of carboxylic acid groups (broad SMARTS) is 1. The Morgan fingerprint density at radius 3 is 2.47 bits per heavy atom. The summed E-state index contributed by atoms with van der Waals surface area (Å²) in [6.07, 6.45) is 1.33. The third-order valence-corrected chi connectivity index (χ3v) is 5.63. The minimum atomic E-state index is -1.41. The Morgan fingerprint density at radius 1 is 1.06 bits per heavy atom. The Kier molecular flexibility index (Phi) is 5.65. The summed E-state index contributed by atoms with van der Waals surface area (Å²) in [5.74, 6) is -1.99. The minimum Gasteiger partial charge on any atom is -0.545 e. The van der Waals surface area contributed by atoms with Gasteiger partial charge in [0.15, 0.2) is 5.11 Å². The lowest BCUT2D eigenvalue weighted by atomic mass is 10.1. The monoisotopic (exact) mass is 465 g/mol. The van der Waals surface area contributed by atoms with Gasteiger partial charge in [0.05, 0.1) is 11.7 Å². The van der Waals surface area contributed by atoms with Gasteiger partial charge in [-0.2, -0.15) is 0 Å². The maximum absolute atomic E-state index is 13.1. The first-order valence-electron chi connectivity index (χ1n) is 9.32. The molecule has 4 rings (SSSR count). The zero-order chi connectivity index (χ0) is 23.0. The van der Waals surface area contributed by atoms with E-state index in [9.17, 15) is 19.5 Å². The molecule has 9 heteroatoms. The summed E-state index contributed by atoms with van der Waals surface area (Å²) in [7, 11) is 1.49. The molecular weight excluding hydrogens is 452 g/mol. The van der Waals surface area contributed by atoms with E-state index in [2.05, 4.69) is 0 Å². The van der Waals surface area contributed by atoms with E-state index in [4.69, 9.17) is 28.2 Å². The summed E-state index contributed by atoms with van der Waals surface area (Å²) in [5, 5.41) is 11.3. The fourth-order valence-corrected chi connectivity index (χ4v) is 3.67. The van der Waals surface area contributed by atoms with Gasteiger partial charge in [-0.3, -0.25) is 19.4 Å². The number of likely N-dealkylation sites (N-methyl/N-ethyl adjacent to an activating group) is 1. The van der Waals surface area contributed by atoms with Gasteiger partial charge in [-0.25, -0.2) is 0 Å². The first-order chi connectivity index (χ1) is 15.3. The summed E-state index contributed by atoms with van der Waals surface area (Å²) in [4.78, 5) is 39.6. The average molecular weight is 466 g/mol. The van der Waals surface area contributed by atoms with Crippen molar-refractivity contribution in [3.05, 3.63) is 82.6 Å². The van der Waals surface area contributed by atoms with Crippen molar-refractivity contribution < 1.29 is 23.9 Å². The van der Waals surface area contributed by atoms with Crippen LogP contribution in [-0.4, -0.2) is 34.8 Å². The van der Waals surface area contributed by atoms with Gasteiger partial charge in [0.2, 0.25) is 0 Å². The highest BCUT2D eigenvalue weighted by atomic mass is 35.5. The summed E-state index contributed by atoms with van der Waals surface area (Å²) in [5.41, 5.74) is 0.678. The fourth-order valence-electron chi connectivity index (χ4n) is 3.21. The lowest BCUT2D eigenvalue weighted by Gasteiger charge is -2.34. The zero-order valence-electron chi connectivity index (χ0n) is 16.6. The van der Waals surface area contributed by atoms with Crippen molar-refractivity contribution in [1.29, 1.82) is 0 Å². The highest BCUT2D eigenvalue weighted by Gasteiger charge is 2.38. The number of nitrogens with zero attached hydrogens (tertiary/aromatic N) is 2. The van der Waals surface area contributed by atoms with E-state index in [1.807, 2.05) is 0 Å². The van der Waals surface area contributed by atoms with E-state index < -0.39 is 17.8 Å². The van der Waals surface area contributed by atoms with Crippen LogP contribution in [0.1, 0.15) is 16.1 Å². The summed E-state index contributed by atoms with van der Waals surface area (Å²) >= 11 is 11.2. The van der Waals surface area contributed by atoms with Crippen molar-refractivity contribution >= 4 is 58.5 Å². The average Bonchev–Trinajstić information content (AvgIpc) is 3.25. The van der Waals surface area contributed by atoms with E-state index >= 15 is 0 Å². The van der Waals surface area contributed by atoms with Crippen molar-refractivity contribution in [3.63, 3.8) is 0 Å². The van der Waals surface area contributed by atoms with Crippen LogP contribution >= 0.6 is 23.8 Å². The van der Waals surface area contributed by atoms with Crippen LogP contribution < -0.4 is 10.0 Å². The molecule has 0 aliphatic carbocycles. The zero-order valence-corrected chi connectivity index (χ0v) is 18.1. The molecule has 2 amide bonds. The highest BCUT2D eigenvalue weighted by Crippen LogP contribution is 2.29. The minimum absolute atomic E-state index is 0.0426. The van der Waals surface area contributed by atoms with Crippen LogP contribution in [-0.2, 0) is 9.59 Å². The molecule has 0 spiro atoms. The number of hydrogen-bond acceptors (Lipinski definition) is 6. The predicted octanol–water partition coefficient (Wildman–Crippen LogP) is 3.14. The number of thiocarbonyl (C=S) groups is 1. The van der Waals surface area contributed by atoms with E-state index in [1.54, 1.807) is 48.5 Å². The van der Waals surface area contributed by atoms with Crippen molar-refractivity contribution in [2.75, 3.05) is 11.9 Å². The van der Waals surface area contributed by atoms with Crippen LogP contribution in [0, 0.1) is 0 Å². The number of rotatable bonds is 4. The van der Waals surface area contributed by atoms with Gasteiger partial charge in [0, 0.05) is 23.2 Å². The lowest BCUT2D eigenvalue weighted by molar-refractivity contribution is -0.255. The number of carboxylic acids is 1. The van der Waals surface area contributed by atoms with Crippen LogP contribution in [0.5, 0.6) is 0 Å². The third kappa shape index (κ3) is 3.81. The number of para-hydroxylation sites is 1. The maximum Gasteiger partial charge on any atom is 0.270 e. The molecule has 3 aromatic rings. The van der Waals surface area contributed by atoms with Crippen LogP contribution in [0.25, 0.3) is 17.4 Å². The molecular formula is C23H14ClN2O5S-. The summed E-state index contributed by atoms with van der Waals surface area (Å²) in [6, 6.07) is 16.2. The number of anilines is 1. The van der Waals surface area contributed by atoms with Crippen LogP contribution in [0.15, 0.2) is 70.7 Å². The molecule has 1 aliphatic rings. The molecule has 7 nitrogen and oxygen atoms in total. The molecule has 0 atom stereocenters. The first-order valence-corrected chi connectivity index (χ1v) is 10.1. The van der Waals surface area contributed by atoms with Gasteiger partial charge in [0.25, 0.3) is 11.8 Å². The van der Waals surface area contributed by atoms with Gasteiger partial charge in [-0.05, 0) is 60.8 Å². The van der Waals surface area contributed by atoms with Gasteiger partial charge in [-0.1, -0.05) is 29.8 Å². The molecule has 0 saturated carbocycles. The highest BCUT2D eigenvalue weighted by molar-refractivity contribution is 7.80. The van der Waals surface area contributed by atoms with Crippen LogP contribution in [0.2, 0.25) is 5.02 Å². The third-order valence-electron chi connectivity index (χ3n) is 4.85. The normalized spacial score (nSPS) is 15.6. The van der Waals surface area contributed by atoms with Crippen molar-refractivity contribution in [3.8, 4) is 11.3 Å². The molecule has 160 valence electrons. The molecule has 1 aliphatic heterocycles.